The summed E-state index contributed by atoms with van der Waals surface area (Å²) in [6.07, 6.45) is 2.23. The zero-order chi connectivity index (χ0) is 10.3. The van der Waals surface area contributed by atoms with Crippen molar-refractivity contribution in [3.8, 4) is 0 Å². The lowest BCUT2D eigenvalue weighted by Crippen LogP contribution is -2.05. The third-order valence-corrected chi connectivity index (χ3v) is 1.86. The maximum Gasteiger partial charge on any atom is 0.331 e. The Bertz CT molecular complexity index is 213. The van der Waals surface area contributed by atoms with Gasteiger partial charge in [-0.2, -0.15) is 0 Å². The Morgan fingerprint density at radius 1 is 1.38 bits per heavy atom. The molecule has 0 aliphatic carbocycles. The second-order valence-corrected chi connectivity index (χ2v) is 5.46. The second-order valence-electron chi connectivity index (χ2n) is 2.02. The summed E-state index contributed by atoms with van der Waals surface area (Å²) in [6.45, 7) is 0.240. The molecule has 0 saturated heterocycles. The summed E-state index contributed by atoms with van der Waals surface area (Å²) in [6, 6.07) is 0. The zero-order valence-electron chi connectivity index (χ0n) is 6.57. The van der Waals surface area contributed by atoms with Crippen molar-refractivity contribution in [3.63, 3.8) is 0 Å². The Balaban J connectivity index is 3.58. The average Bonchev–Trinajstić information content (AvgIpc) is 2.00. The van der Waals surface area contributed by atoms with Crippen LogP contribution in [-0.4, -0.2) is 27.4 Å². The minimum absolute atomic E-state index is 0.0938. The van der Waals surface area contributed by atoms with Gasteiger partial charge in [-0.15, -0.1) is 0 Å². The number of carbonyl (C=O) groups excluding carboxylic acids is 1. The molecule has 0 atom stereocenters. The monoisotopic (exact) mass is 314 g/mol. The fourth-order valence-electron chi connectivity index (χ4n) is 0.436. The Morgan fingerprint density at radius 3 is 2.46 bits per heavy atom. The molecule has 0 radical (unpaired) electrons. The summed E-state index contributed by atoms with van der Waals surface area (Å²) in [5.41, 5.74) is 0. The number of carbonyl (C=O) groups is 2. The second kappa shape index (κ2) is 7.08. The van der Waals surface area contributed by atoms with Gasteiger partial charge < -0.3 is 9.84 Å². The van der Waals surface area contributed by atoms with Crippen LogP contribution in [0.5, 0.6) is 0 Å². The molecular weight excluding hydrogens is 308 g/mol. The van der Waals surface area contributed by atoms with Crippen molar-refractivity contribution in [2.75, 3.05) is 6.61 Å². The van der Waals surface area contributed by atoms with Crippen LogP contribution >= 0.6 is 31.9 Å². The van der Waals surface area contributed by atoms with E-state index in [-0.39, 0.29) is 10.3 Å². The van der Waals surface area contributed by atoms with E-state index in [4.69, 9.17) is 5.11 Å². The SMILES string of the molecule is O=C(O)/C=C/C(=O)OCCC(Br)Br. The minimum Gasteiger partial charge on any atom is -0.478 e. The van der Waals surface area contributed by atoms with E-state index in [2.05, 4.69) is 36.6 Å². The van der Waals surface area contributed by atoms with Gasteiger partial charge in [0.15, 0.2) is 0 Å². The molecule has 0 aliphatic rings. The molecule has 0 aromatic carbocycles. The standard InChI is InChI=1S/C7H8Br2O4/c8-5(9)3-4-13-7(12)2-1-6(10)11/h1-2,5H,3-4H2,(H,10,11)/b2-1+. The summed E-state index contributed by atoms with van der Waals surface area (Å²) in [4.78, 5) is 20.7. The van der Waals surface area contributed by atoms with Gasteiger partial charge in [-0.25, -0.2) is 9.59 Å². The number of ether oxygens (including phenoxy) is 1. The number of hydrogen-bond acceptors (Lipinski definition) is 3. The number of aliphatic carboxylic acids is 1. The van der Waals surface area contributed by atoms with E-state index >= 15 is 0 Å². The van der Waals surface area contributed by atoms with E-state index in [1.165, 1.54) is 0 Å². The maximum absolute atomic E-state index is 10.7. The van der Waals surface area contributed by atoms with Crippen molar-refractivity contribution >= 4 is 43.8 Å². The Morgan fingerprint density at radius 2 is 2.00 bits per heavy atom. The van der Waals surface area contributed by atoms with Gasteiger partial charge in [-0.05, 0) is 0 Å². The van der Waals surface area contributed by atoms with Crippen LogP contribution in [0.25, 0.3) is 0 Å². The van der Waals surface area contributed by atoms with Crippen molar-refractivity contribution in [1.29, 1.82) is 0 Å². The van der Waals surface area contributed by atoms with E-state index in [0.717, 1.165) is 12.2 Å². The third kappa shape index (κ3) is 9.55. The van der Waals surface area contributed by atoms with E-state index in [1.54, 1.807) is 0 Å². The van der Waals surface area contributed by atoms with E-state index in [1.807, 2.05) is 0 Å². The van der Waals surface area contributed by atoms with Crippen LogP contribution in [0.1, 0.15) is 6.42 Å². The predicted octanol–water partition coefficient (Wildman–Crippen LogP) is 1.68. The fraction of sp³-hybridized carbons (Fsp3) is 0.429. The topological polar surface area (TPSA) is 63.6 Å². The minimum atomic E-state index is -1.17. The van der Waals surface area contributed by atoms with Gasteiger partial charge in [-0.3, -0.25) is 0 Å². The number of carboxylic acids is 1. The molecule has 0 aromatic heterocycles. The van der Waals surface area contributed by atoms with E-state index < -0.39 is 11.9 Å². The van der Waals surface area contributed by atoms with Crippen LogP contribution < -0.4 is 0 Å². The van der Waals surface area contributed by atoms with E-state index in [9.17, 15) is 9.59 Å². The molecule has 6 heteroatoms. The molecule has 0 unspecified atom stereocenters. The largest absolute Gasteiger partial charge is 0.478 e. The summed E-state index contributed by atoms with van der Waals surface area (Å²) in [5.74, 6) is -1.82. The van der Waals surface area contributed by atoms with Gasteiger partial charge in [0, 0.05) is 18.6 Å². The van der Waals surface area contributed by atoms with Gasteiger partial charge in [-0.1, -0.05) is 31.9 Å². The quantitative estimate of drug-likeness (QED) is 0.476. The first-order valence-electron chi connectivity index (χ1n) is 3.38. The maximum atomic E-state index is 10.7. The van der Waals surface area contributed by atoms with Crippen LogP contribution in [-0.2, 0) is 14.3 Å². The smallest absolute Gasteiger partial charge is 0.331 e. The van der Waals surface area contributed by atoms with Gasteiger partial charge in [0.05, 0.1) is 10.3 Å². The molecule has 0 aliphatic heterocycles. The lowest BCUT2D eigenvalue weighted by Gasteiger charge is -2.01. The van der Waals surface area contributed by atoms with Gasteiger partial charge in [0.1, 0.15) is 0 Å². The predicted molar refractivity (Wildman–Crippen MR) is 54.0 cm³/mol. The van der Waals surface area contributed by atoms with Crippen molar-refractivity contribution in [3.05, 3.63) is 12.2 Å². The number of halogens is 2. The molecule has 4 nitrogen and oxygen atoms in total. The van der Waals surface area contributed by atoms with Crippen molar-refractivity contribution in [1.82, 2.24) is 0 Å². The third-order valence-electron chi connectivity index (χ3n) is 0.942. The number of hydrogen-bond donors (Lipinski definition) is 1. The molecule has 0 aromatic rings. The summed E-state index contributed by atoms with van der Waals surface area (Å²) < 4.78 is 4.75. The molecule has 1 N–H and O–H groups in total. The summed E-state index contributed by atoms with van der Waals surface area (Å²) >= 11 is 6.40. The van der Waals surface area contributed by atoms with Crippen molar-refractivity contribution in [2.45, 2.75) is 10.2 Å². The molecule has 74 valence electrons. The lowest BCUT2D eigenvalue weighted by atomic mass is 10.5. The first-order chi connectivity index (χ1) is 6.02. The molecule has 0 saturated carbocycles. The number of esters is 1. The highest BCUT2D eigenvalue weighted by Gasteiger charge is 2.01. The normalized spacial score (nSPS) is 10.7. The Hall–Kier alpha value is -0.360. The lowest BCUT2D eigenvalue weighted by molar-refractivity contribution is -0.138. The van der Waals surface area contributed by atoms with E-state index in [0.29, 0.717) is 6.42 Å². The van der Waals surface area contributed by atoms with Crippen LogP contribution in [0.3, 0.4) is 0 Å². The first kappa shape index (κ1) is 12.6. The highest BCUT2D eigenvalue weighted by atomic mass is 79.9. The zero-order valence-corrected chi connectivity index (χ0v) is 9.75. The number of carboxylic acid groups (broad SMARTS) is 1. The molecule has 0 fully saturated rings. The molecule has 13 heavy (non-hydrogen) atoms. The van der Waals surface area contributed by atoms with Crippen molar-refractivity contribution < 1.29 is 19.4 Å². The molecule has 0 rings (SSSR count). The van der Waals surface area contributed by atoms with Gasteiger partial charge in [0.2, 0.25) is 0 Å². The first-order valence-corrected chi connectivity index (χ1v) is 5.21. The fourth-order valence-corrected chi connectivity index (χ4v) is 0.810. The van der Waals surface area contributed by atoms with Gasteiger partial charge >= 0.3 is 11.9 Å². The Labute approximate surface area is 92.2 Å². The number of rotatable bonds is 5. The molecule has 0 bridgehead atoms. The average molecular weight is 316 g/mol. The summed E-state index contributed by atoms with van der Waals surface area (Å²) in [7, 11) is 0. The van der Waals surface area contributed by atoms with Crippen LogP contribution in [0.15, 0.2) is 12.2 Å². The van der Waals surface area contributed by atoms with Gasteiger partial charge in [0.25, 0.3) is 0 Å². The molecule has 0 heterocycles. The highest BCUT2D eigenvalue weighted by molar-refractivity contribution is 9.24. The van der Waals surface area contributed by atoms with Crippen LogP contribution in [0.4, 0.5) is 0 Å². The Kier molecular flexibility index (Phi) is 6.89. The molecule has 0 spiro atoms. The van der Waals surface area contributed by atoms with Crippen LogP contribution in [0, 0.1) is 0 Å². The molecule has 0 amide bonds. The van der Waals surface area contributed by atoms with Crippen LogP contribution in [0.2, 0.25) is 0 Å². The summed E-state index contributed by atoms with van der Waals surface area (Å²) in [5, 5.41) is 8.17. The van der Waals surface area contributed by atoms with Crippen molar-refractivity contribution in [2.24, 2.45) is 0 Å². The number of alkyl halides is 2. The molecular formula is C7H8Br2O4. The highest BCUT2D eigenvalue weighted by Crippen LogP contribution is 2.11.